The van der Waals surface area contributed by atoms with Gasteiger partial charge in [0.25, 0.3) is 5.69 Å². The van der Waals surface area contributed by atoms with E-state index >= 15 is 0 Å². The highest BCUT2D eigenvalue weighted by atomic mass is 35.5. The Morgan fingerprint density at radius 2 is 1.65 bits per heavy atom. The summed E-state index contributed by atoms with van der Waals surface area (Å²) in [5, 5.41) is 11.2. The third-order valence-electron chi connectivity index (χ3n) is 3.34. The summed E-state index contributed by atoms with van der Waals surface area (Å²) in [7, 11) is 0. The van der Waals surface area contributed by atoms with Gasteiger partial charge in [0.05, 0.1) is 41.2 Å². The van der Waals surface area contributed by atoms with Gasteiger partial charge in [-0.1, -0.05) is 11.6 Å². The summed E-state index contributed by atoms with van der Waals surface area (Å²) < 4.78 is 10.8. The van der Waals surface area contributed by atoms with Gasteiger partial charge in [-0.05, 0) is 30.3 Å². The van der Waals surface area contributed by atoms with E-state index in [1.165, 1.54) is 12.1 Å². The number of anilines is 1. The molecule has 0 N–H and O–H groups in total. The molecule has 1 aromatic carbocycles. The SMILES string of the molecule is O=[N+]([O-])c1ccc(N(Cc2ccco2)Cc2ccco2)c(Cl)c1. The Balaban J connectivity index is 1.92. The second-order valence-corrected chi connectivity index (χ2v) is 5.31. The molecule has 2 aromatic heterocycles. The second kappa shape index (κ2) is 6.58. The topological polar surface area (TPSA) is 72.7 Å². The van der Waals surface area contributed by atoms with Crippen LogP contribution in [0.3, 0.4) is 0 Å². The van der Waals surface area contributed by atoms with Gasteiger partial charge in [0, 0.05) is 12.1 Å². The first-order chi connectivity index (χ1) is 11.1. The van der Waals surface area contributed by atoms with Gasteiger partial charge in [-0.15, -0.1) is 0 Å². The number of nitrogens with zero attached hydrogens (tertiary/aromatic N) is 2. The van der Waals surface area contributed by atoms with Crippen molar-refractivity contribution in [3.05, 3.63) is 81.6 Å². The van der Waals surface area contributed by atoms with Gasteiger partial charge in [-0.2, -0.15) is 0 Å². The van der Waals surface area contributed by atoms with Crippen LogP contribution in [0.2, 0.25) is 5.02 Å². The summed E-state index contributed by atoms with van der Waals surface area (Å²) >= 11 is 6.24. The molecule has 0 saturated heterocycles. The van der Waals surface area contributed by atoms with Crippen LogP contribution < -0.4 is 4.90 Å². The molecule has 0 fully saturated rings. The molecule has 3 aromatic rings. The van der Waals surface area contributed by atoms with E-state index in [1.54, 1.807) is 30.7 Å². The van der Waals surface area contributed by atoms with Crippen molar-refractivity contribution < 1.29 is 13.8 Å². The maximum atomic E-state index is 10.9. The zero-order valence-corrected chi connectivity index (χ0v) is 12.8. The fourth-order valence-corrected chi connectivity index (χ4v) is 2.57. The molecule has 6 nitrogen and oxygen atoms in total. The third kappa shape index (κ3) is 3.54. The summed E-state index contributed by atoms with van der Waals surface area (Å²) in [4.78, 5) is 12.3. The highest BCUT2D eigenvalue weighted by molar-refractivity contribution is 6.33. The van der Waals surface area contributed by atoms with Crippen molar-refractivity contribution in [2.75, 3.05) is 4.90 Å². The first-order valence-electron chi connectivity index (χ1n) is 6.87. The van der Waals surface area contributed by atoms with Gasteiger partial charge in [0.15, 0.2) is 0 Å². The van der Waals surface area contributed by atoms with E-state index in [2.05, 4.69) is 0 Å². The number of nitro groups is 1. The first-order valence-corrected chi connectivity index (χ1v) is 7.25. The molecule has 0 bridgehead atoms. The largest absolute Gasteiger partial charge is 0.467 e. The maximum absolute atomic E-state index is 10.9. The molecule has 0 aliphatic carbocycles. The summed E-state index contributed by atoms with van der Waals surface area (Å²) in [5.74, 6) is 1.51. The van der Waals surface area contributed by atoms with Crippen LogP contribution in [-0.4, -0.2) is 4.92 Å². The number of nitro benzene ring substituents is 1. The fraction of sp³-hybridized carbons (Fsp3) is 0.125. The molecule has 0 radical (unpaired) electrons. The molecule has 2 heterocycles. The van der Waals surface area contributed by atoms with Crippen LogP contribution >= 0.6 is 11.6 Å². The van der Waals surface area contributed by atoms with Crippen molar-refractivity contribution >= 4 is 23.0 Å². The number of hydrogen-bond acceptors (Lipinski definition) is 5. The highest BCUT2D eigenvalue weighted by Crippen LogP contribution is 2.32. The molecule has 0 atom stereocenters. The Morgan fingerprint density at radius 3 is 2.09 bits per heavy atom. The average molecular weight is 333 g/mol. The minimum atomic E-state index is -0.473. The van der Waals surface area contributed by atoms with Crippen LogP contribution in [0.25, 0.3) is 0 Å². The lowest BCUT2D eigenvalue weighted by Gasteiger charge is -2.23. The quantitative estimate of drug-likeness (QED) is 0.485. The molecule has 0 saturated carbocycles. The summed E-state index contributed by atoms with van der Waals surface area (Å²) in [6.07, 6.45) is 3.19. The van der Waals surface area contributed by atoms with E-state index in [0.29, 0.717) is 23.8 Å². The Labute approximate surface area is 137 Å². The predicted octanol–water partition coefficient (Wildman–Crippen LogP) is 4.64. The van der Waals surface area contributed by atoms with Gasteiger partial charge in [0.2, 0.25) is 0 Å². The number of halogens is 1. The van der Waals surface area contributed by atoms with Gasteiger partial charge in [-0.25, -0.2) is 0 Å². The molecular formula is C16H13ClN2O4. The van der Waals surface area contributed by atoms with Crippen molar-refractivity contribution in [3.63, 3.8) is 0 Å². The van der Waals surface area contributed by atoms with Crippen molar-refractivity contribution in [1.82, 2.24) is 0 Å². The molecule has 0 spiro atoms. The normalized spacial score (nSPS) is 10.7. The number of benzene rings is 1. The van der Waals surface area contributed by atoms with Crippen LogP contribution in [0.5, 0.6) is 0 Å². The minimum Gasteiger partial charge on any atom is -0.467 e. The molecular weight excluding hydrogens is 320 g/mol. The van der Waals surface area contributed by atoms with Crippen molar-refractivity contribution in [2.24, 2.45) is 0 Å². The minimum absolute atomic E-state index is 0.0466. The van der Waals surface area contributed by atoms with Crippen LogP contribution in [0.1, 0.15) is 11.5 Å². The predicted molar refractivity (Wildman–Crippen MR) is 85.4 cm³/mol. The first kappa shape index (κ1) is 15.2. The zero-order chi connectivity index (χ0) is 16.2. The molecule has 0 aliphatic heterocycles. The van der Waals surface area contributed by atoms with E-state index < -0.39 is 4.92 Å². The fourth-order valence-electron chi connectivity index (χ4n) is 2.27. The zero-order valence-electron chi connectivity index (χ0n) is 12.0. The standard InChI is InChI=1S/C16H13ClN2O4/c17-15-9-12(19(20)21)5-6-16(15)18(10-13-3-1-7-22-13)11-14-4-2-8-23-14/h1-9H,10-11H2. The van der Waals surface area contributed by atoms with Crippen LogP contribution in [0.15, 0.2) is 63.8 Å². The van der Waals surface area contributed by atoms with Crippen LogP contribution in [0.4, 0.5) is 11.4 Å². The molecule has 7 heteroatoms. The lowest BCUT2D eigenvalue weighted by molar-refractivity contribution is -0.384. The highest BCUT2D eigenvalue weighted by Gasteiger charge is 2.17. The number of rotatable bonds is 6. The molecule has 23 heavy (non-hydrogen) atoms. The van der Waals surface area contributed by atoms with E-state index in [0.717, 1.165) is 11.5 Å². The molecule has 0 amide bonds. The number of hydrogen-bond donors (Lipinski definition) is 0. The number of furan rings is 2. The van der Waals surface area contributed by atoms with E-state index in [4.69, 9.17) is 20.4 Å². The summed E-state index contributed by atoms with van der Waals surface area (Å²) in [6.45, 7) is 0.927. The lowest BCUT2D eigenvalue weighted by atomic mass is 10.2. The average Bonchev–Trinajstić information content (AvgIpc) is 3.20. The van der Waals surface area contributed by atoms with Gasteiger partial charge < -0.3 is 13.7 Å². The number of non-ortho nitro benzene ring substituents is 1. The van der Waals surface area contributed by atoms with Gasteiger partial charge >= 0.3 is 0 Å². The molecule has 0 aliphatic rings. The molecule has 3 rings (SSSR count). The van der Waals surface area contributed by atoms with Crippen molar-refractivity contribution in [1.29, 1.82) is 0 Å². The van der Waals surface area contributed by atoms with Crippen LogP contribution in [-0.2, 0) is 13.1 Å². The van der Waals surface area contributed by atoms with Crippen LogP contribution in [0, 0.1) is 10.1 Å². The summed E-state index contributed by atoms with van der Waals surface area (Å²) in [5.41, 5.74) is 0.625. The van der Waals surface area contributed by atoms with E-state index in [1.807, 2.05) is 17.0 Å². The van der Waals surface area contributed by atoms with E-state index in [9.17, 15) is 10.1 Å². The van der Waals surface area contributed by atoms with Crippen molar-refractivity contribution in [2.45, 2.75) is 13.1 Å². The van der Waals surface area contributed by atoms with Gasteiger partial charge in [-0.3, -0.25) is 10.1 Å². The Bertz CT molecular complexity index is 748. The Morgan fingerprint density at radius 1 is 1.04 bits per heavy atom. The summed E-state index contributed by atoms with van der Waals surface area (Å²) in [6, 6.07) is 11.7. The monoisotopic (exact) mass is 332 g/mol. The maximum Gasteiger partial charge on any atom is 0.271 e. The third-order valence-corrected chi connectivity index (χ3v) is 3.64. The second-order valence-electron chi connectivity index (χ2n) is 4.91. The van der Waals surface area contributed by atoms with Gasteiger partial charge in [0.1, 0.15) is 11.5 Å². The Hall–Kier alpha value is -2.73. The smallest absolute Gasteiger partial charge is 0.271 e. The van der Waals surface area contributed by atoms with Crippen molar-refractivity contribution in [3.8, 4) is 0 Å². The Kier molecular flexibility index (Phi) is 4.34. The molecule has 0 unspecified atom stereocenters. The van der Waals surface area contributed by atoms with E-state index in [-0.39, 0.29) is 5.69 Å². The molecule has 118 valence electrons. The lowest BCUT2D eigenvalue weighted by Crippen LogP contribution is -2.22.